The Morgan fingerprint density at radius 2 is 2.16 bits per heavy atom. The van der Waals surface area contributed by atoms with Gasteiger partial charge in [0.2, 0.25) is 0 Å². The molecule has 0 atom stereocenters. The molecule has 0 radical (unpaired) electrons. The van der Waals surface area contributed by atoms with Crippen molar-refractivity contribution < 1.29 is 9.53 Å². The lowest BCUT2D eigenvalue weighted by Crippen LogP contribution is -2.34. The zero-order chi connectivity index (χ0) is 14.5. The fourth-order valence-corrected chi connectivity index (χ4v) is 2.05. The van der Waals surface area contributed by atoms with Gasteiger partial charge in [0.25, 0.3) is 5.91 Å². The Morgan fingerprint density at radius 3 is 2.79 bits per heavy atom. The van der Waals surface area contributed by atoms with Gasteiger partial charge >= 0.3 is 0 Å². The molecule has 1 amide bonds. The largest absolute Gasteiger partial charge is 0.398 e. The minimum absolute atomic E-state index is 0.00152. The van der Waals surface area contributed by atoms with Crippen molar-refractivity contribution in [3.63, 3.8) is 0 Å². The number of rotatable bonds is 6. The number of nitrogens with one attached hydrogen (secondary N) is 1. The average Bonchev–Trinajstić information content (AvgIpc) is 2.37. The van der Waals surface area contributed by atoms with Crippen molar-refractivity contribution in [3.8, 4) is 0 Å². The Morgan fingerprint density at radius 1 is 1.47 bits per heavy atom. The number of halogens is 1. The van der Waals surface area contributed by atoms with E-state index in [4.69, 9.17) is 10.5 Å². The van der Waals surface area contributed by atoms with Crippen LogP contribution in [0.2, 0.25) is 0 Å². The van der Waals surface area contributed by atoms with E-state index in [1.165, 1.54) is 0 Å². The first kappa shape index (κ1) is 16.0. The number of hydrogen-bond acceptors (Lipinski definition) is 3. The smallest absolute Gasteiger partial charge is 0.252 e. The molecule has 1 aromatic carbocycles. The molecule has 0 fully saturated rings. The maximum atomic E-state index is 12.1. The minimum Gasteiger partial charge on any atom is -0.398 e. The lowest BCUT2D eigenvalue weighted by Gasteiger charge is -2.24. The molecule has 0 spiro atoms. The Balaban J connectivity index is 2.63. The molecule has 0 saturated heterocycles. The first-order valence-corrected chi connectivity index (χ1v) is 6.98. The highest BCUT2D eigenvalue weighted by molar-refractivity contribution is 9.10. The SMILES string of the molecule is COCCC(C)(C)CNC(=O)c1cccc(N)c1Br. The summed E-state index contributed by atoms with van der Waals surface area (Å²) in [6, 6.07) is 5.27. The first-order chi connectivity index (χ1) is 8.87. The van der Waals surface area contributed by atoms with E-state index in [0.717, 1.165) is 6.42 Å². The van der Waals surface area contributed by atoms with Crippen LogP contribution in [-0.4, -0.2) is 26.2 Å². The van der Waals surface area contributed by atoms with Gasteiger partial charge in [-0.2, -0.15) is 0 Å². The van der Waals surface area contributed by atoms with Gasteiger partial charge in [0.1, 0.15) is 0 Å². The van der Waals surface area contributed by atoms with E-state index >= 15 is 0 Å². The van der Waals surface area contributed by atoms with Crippen LogP contribution in [0.5, 0.6) is 0 Å². The van der Waals surface area contributed by atoms with Crippen LogP contribution in [0.15, 0.2) is 22.7 Å². The molecule has 4 nitrogen and oxygen atoms in total. The molecule has 0 unspecified atom stereocenters. The van der Waals surface area contributed by atoms with Crippen LogP contribution in [0, 0.1) is 5.41 Å². The Kier molecular flexibility index (Phi) is 5.82. The molecular formula is C14H21BrN2O2. The van der Waals surface area contributed by atoms with Crippen LogP contribution in [0.3, 0.4) is 0 Å². The summed E-state index contributed by atoms with van der Waals surface area (Å²) in [6.45, 7) is 5.47. The lowest BCUT2D eigenvalue weighted by atomic mass is 9.89. The predicted molar refractivity (Wildman–Crippen MR) is 81.2 cm³/mol. The maximum absolute atomic E-state index is 12.1. The summed E-state index contributed by atoms with van der Waals surface area (Å²) < 4.78 is 5.71. The summed E-state index contributed by atoms with van der Waals surface area (Å²) >= 11 is 3.34. The zero-order valence-corrected chi connectivity index (χ0v) is 13.2. The minimum atomic E-state index is -0.121. The van der Waals surface area contributed by atoms with Crippen molar-refractivity contribution in [2.75, 3.05) is 26.0 Å². The number of amides is 1. The third-order valence-electron chi connectivity index (χ3n) is 2.98. The third kappa shape index (κ3) is 4.84. The van der Waals surface area contributed by atoms with E-state index in [-0.39, 0.29) is 11.3 Å². The second-order valence-electron chi connectivity index (χ2n) is 5.30. The molecular weight excluding hydrogens is 308 g/mol. The van der Waals surface area contributed by atoms with E-state index in [0.29, 0.717) is 28.9 Å². The van der Waals surface area contributed by atoms with Crippen molar-refractivity contribution >= 4 is 27.5 Å². The third-order valence-corrected chi connectivity index (χ3v) is 3.87. The van der Waals surface area contributed by atoms with Gasteiger partial charge in [0.05, 0.1) is 10.0 Å². The fourth-order valence-electron chi connectivity index (χ4n) is 1.61. The van der Waals surface area contributed by atoms with Gasteiger partial charge in [-0.1, -0.05) is 19.9 Å². The predicted octanol–water partition coefficient (Wildman–Crippen LogP) is 2.82. The standard InChI is InChI=1S/C14H21BrN2O2/c1-14(2,7-8-19-3)9-17-13(18)10-5-4-6-11(16)12(10)15/h4-6H,7-9,16H2,1-3H3,(H,17,18). The lowest BCUT2D eigenvalue weighted by molar-refractivity contribution is 0.0920. The number of benzene rings is 1. The van der Waals surface area contributed by atoms with Crippen LogP contribution in [0.4, 0.5) is 5.69 Å². The van der Waals surface area contributed by atoms with Crippen LogP contribution >= 0.6 is 15.9 Å². The van der Waals surface area contributed by atoms with E-state index in [2.05, 4.69) is 35.1 Å². The summed E-state index contributed by atoms with van der Waals surface area (Å²) in [5, 5.41) is 2.94. The number of nitrogen functional groups attached to an aromatic ring is 1. The number of methoxy groups -OCH3 is 1. The molecule has 1 aromatic rings. The van der Waals surface area contributed by atoms with Gasteiger partial charge in [0.15, 0.2) is 0 Å². The fraction of sp³-hybridized carbons (Fsp3) is 0.500. The van der Waals surface area contributed by atoms with Gasteiger partial charge in [-0.3, -0.25) is 4.79 Å². The van der Waals surface area contributed by atoms with Gasteiger partial charge in [-0.15, -0.1) is 0 Å². The van der Waals surface area contributed by atoms with Gasteiger partial charge in [-0.25, -0.2) is 0 Å². The van der Waals surface area contributed by atoms with Crippen LogP contribution in [0.1, 0.15) is 30.6 Å². The molecule has 0 heterocycles. The summed E-state index contributed by atoms with van der Waals surface area (Å²) in [6.07, 6.45) is 0.891. The highest BCUT2D eigenvalue weighted by Crippen LogP contribution is 2.24. The number of carbonyl (C=O) groups excluding carboxylic acids is 1. The van der Waals surface area contributed by atoms with Crippen molar-refractivity contribution in [2.24, 2.45) is 5.41 Å². The monoisotopic (exact) mass is 328 g/mol. The normalized spacial score (nSPS) is 11.4. The Labute approximate surface area is 122 Å². The summed E-state index contributed by atoms with van der Waals surface area (Å²) in [7, 11) is 1.68. The number of nitrogens with two attached hydrogens (primary N) is 1. The van der Waals surface area contributed by atoms with E-state index in [9.17, 15) is 4.79 Å². The zero-order valence-electron chi connectivity index (χ0n) is 11.6. The van der Waals surface area contributed by atoms with Crippen LogP contribution in [0.25, 0.3) is 0 Å². The highest BCUT2D eigenvalue weighted by Gasteiger charge is 2.20. The highest BCUT2D eigenvalue weighted by atomic mass is 79.9. The van der Waals surface area contributed by atoms with E-state index in [1.54, 1.807) is 25.3 Å². The second-order valence-corrected chi connectivity index (χ2v) is 6.09. The number of ether oxygens (including phenoxy) is 1. The molecule has 19 heavy (non-hydrogen) atoms. The Bertz CT molecular complexity index is 447. The average molecular weight is 329 g/mol. The quantitative estimate of drug-likeness (QED) is 0.789. The second kappa shape index (κ2) is 6.91. The van der Waals surface area contributed by atoms with E-state index in [1.807, 2.05) is 0 Å². The maximum Gasteiger partial charge on any atom is 0.252 e. The molecule has 0 aromatic heterocycles. The first-order valence-electron chi connectivity index (χ1n) is 6.18. The molecule has 5 heteroatoms. The van der Waals surface area contributed by atoms with Crippen molar-refractivity contribution in [3.05, 3.63) is 28.2 Å². The summed E-state index contributed by atoms with van der Waals surface area (Å²) in [5.41, 5.74) is 6.88. The Hall–Kier alpha value is -1.07. The van der Waals surface area contributed by atoms with Crippen molar-refractivity contribution in [1.29, 1.82) is 0 Å². The molecule has 0 aliphatic heterocycles. The number of hydrogen-bond donors (Lipinski definition) is 2. The molecule has 0 saturated carbocycles. The number of carbonyl (C=O) groups is 1. The molecule has 0 aliphatic rings. The topological polar surface area (TPSA) is 64.3 Å². The molecule has 1 rings (SSSR count). The van der Waals surface area contributed by atoms with Crippen molar-refractivity contribution in [1.82, 2.24) is 5.32 Å². The molecule has 3 N–H and O–H groups in total. The van der Waals surface area contributed by atoms with Gasteiger partial charge < -0.3 is 15.8 Å². The van der Waals surface area contributed by atoms with Gasteiger partial charge in [-0.05, 0) is 39.9 Å². The van der Waals surface area contributed by atoms with E-state index < -0.39 is 0 Å². The molecule has 0 aliphatic carbocycles. The number of anilines is 1. The van der Waals surface area contributed by atoms with Crippen LogP contribution < -0.4 is 11.1 Å². The summed E-state index contributed by atoms with van der Waals surface area (Å²) in [4.78, 5) is 12.1. The van der Waals surface area contributed by atoms with Crippen LogP contribution in [-0.2, 0) is 4.74 Å². The molecule has 0 bridgehead atoms. The summed E-state index contributed by atoms with van der Waals surface area (Å²) in [5.74, 6) is -0.121. The van der Waals surface area contributed by atoms with Crippen molar-refractivity contribution in [2.45, 2.75) is 20.3 Å². The van der Waals surface area contributed by atoms with Gasteiger partial charge in [0, 0.05) is 25.9 Å². The molecule has 106 valence electrons.